The minimum absolute atomic E-state index is 0. The molecule has 0 atom stereocenters. The molecule has 6 rings (SSSR count). The topological polar surface area (TPSA) is 39.9 Å². The zero-order valence-corrected chi connectivity index (χ0v) is 20.0. The monoisotopic (exact) mass is 624 g/mol. The van der Waals surface area contributed by atoms with Crippen LogP contribution in [0.25, 0.3) is 38.8 Å². The van der Waals surface area contributed by atoms with Gasteiger partial charge >= 0.3 is 21.1 Å². The Bertz CT molecular complexity index is 1620. The van der Waals surface area contributed by atoms with Gasteiger partial charge in [-0.1, -0.05) is 29.7 Å². The van der Waals surface area contributed by atoms with Crippen LogP contribution >= 0.6 is 0 Å². The number of pyridine rings is 2. The molecule has 0 N–H and O–H groups in total. The molecule has 0 aliphatic carbocycles. The number of ether oxygens (including phenoxy) is 1. The summed E-state index contributed by atoms with van der Waals surface area (Å²) in [7, 11) is 0. The number of benzene rings is 3. The number of aromatic nitrogens is 3. The maximum atomic E-state index is 14.0. The van der Waals surface area contributed by atoms with Crippen molar-refractivity contribution < 1.29 is 30.2 Å². The summed E-state index contributed by atoms with van der Waals surface area (Å²) in [6, 6.07) is 32.8. The molecule has 4 nitrogen and oxygen atoms in total. The van der Waals surface area contributed by atoms with Gasteiger partial charge in [0.1, 0.15) is 11.6 Å². The van der Waals surface area contributed by atoms with E-state index in [1.165, 1.54) is 18.3 Å². The molecule has 34 heavy (non-hydrogen) atoms. The molecule has 0 bridgehead atoms. The minimum Gasteiger partial charge on any atom is -0.460 e. The van der Waals surface area contributed by atoms with Crippen molar-refractivity contribution in [1.82, 2.24) is 14.5 Å². The first-order valence-electron chi connectivity index (χ1n) is 10.5. The number of rotatable bonds is 4. The number of nitrogens with zero attached hydrogens (tertiary/aromatic N) is 3. The second-order valence-electron chi connectivity index (χ2n) is 7.52. The first kappa shape index (κ1) is 22.0. The molecule has 0 aliphatic heterocycles. The summed E-state index contributed by atoms with van der Waals surface area (Å²) < 4.78 is 21.8. The number of para-hydroxylation sites is 1. The standard InChI is InChI=1S/C28H16FN3O.Pt/c29-21-13-15-30-27(18-21)32-25-9-2-1-8-23(25)24-12-11-20(17-26(24)32)19-6-5-7-22(16-19)33-28-10-3-4-14-31-28;/h1-15,18H;/q-2;+2. The second-order valence-corrected chi connectivity index (χ2v) is 7.52. The molecule has 0 spiro atoms. The van der Waals surface area contributed by atoms with Crippen molar-refractivity contribution in [3.8, 4) is 28.6 Å². The van der Waals surface area contributed by atoms with Crippen LogP contribution in [0.3, 0.4) is 0 Å². The molecule has 0 saturated heterocycles. The third-order valence-electron chi connectivity index (χ3n) is 5.43. The molecule has 0 fully saturated rings. The molecular weight excluding hydrogens is 608 g/mol. The van der Waals surface area contributed by atoms with Gasteiger partial charge in [-0.05, 0) is 29.1 Å². The molecule has 3 heterocycles. The van der Waals surface area contributed by atoms with Crippen LogP contribution in [0.15, 0.2) is 97.3 Å². The van der Waals surface area contributed by atoms with Crippen LogP contribution in [-0.2, 0) is 21.1 Å². The molecule has 0 unspecified atom stereocenters. The van der Waals surface area contributed by atoms with E-state index in [1.54, 1.807) is 12.3 Å². The van der Waals surface area contributed by atoms with Crippen molar-refractivity contribution in [2.24, 2.45) is 0 Å². The Kier molecular flexibility index (Phi) is 5.95. The van der Waals surface area contributed by atoms with Crippen LogP contribution in [-0.4, -0.2) is 14.5 Å². The fourth-order valence-corrected chi connectivity index (χ4v) is 3.99. The number of hydrogen-bond acceptors (Lipinski definition) is 3. The summed E-state index contributed by atoms with van der Waals surface area (Å²) in [4.78, 5) is 8.62. The van der Waals surface area contributed by atoms with Gasteiger partial charge in [-0.15, -0.1) is 18.2 Å². The Morgan fingerprint density at radius 1 is 0.735 bits per heavy atom. The first-order chi connectivity index (χ1) is 16.3. The maximum Gasteiger partial charge on any atom is 2.00 e. The van der Waals surface area contributed by atoms with Crippen molar-refractivity contribution in [1.29, 1.82) is 0 Å². The van der Waals surface area contributed by atoms with Gasteiger partial charge in [0.2, 0.25) is 5.88 Å². The molecule has 0 radical (unpaired) electrons. The van der Waals surface area contributed by atoms with E-state index in [1.807, 2.05) is 59.2 Å². The second kappa shape index (κ2) is 9.20. The van der Waals surface area contributed by atoms with Crippen molar-refractivity contribution in [3.05, 3.63) is 115 Å². The quantitative estimate of drug-likeness (QED) is 0.204. The molecule has 3 aromatic heterocycles. The Labute approximate surface area is 209 Å². The molecule has 0 saturated carbocycles. The third kappa shape index (κ3) is 4.00. The van der Waals surface area contributed by atoms with Crippen LogP contribution in [0.2, 0.25) is 0 Å². The Morgan fingerprint density at radius 3 is 2.44 bits per heavy atom. The van der Waals surface area contributed by atoms with Crippen LogP contribution < -0.4 is 4.74 Å². The van der Waals surface area contributed by atoms with Gasteiger partial charge in [-0.2, -0.15) is 24.3 Å². The van der Waals surface area contributed by atoms with E-state index in [2.05, 4.69) is 34.2 Å². The van der Waals surface area contributed by atoms with Crippen molar-refractivity contribution in [2.45, 2.75) is 0 Å². The van der Waals surface area contributed by atoms with Gasteiger partial charge in [-0.3, -0.25) is 0 Å². The Hall–Kier alpha value is -3.82. The van der Waals surface area contributed by atoms with E-state index < -0.39 is 0 Å². The summed E-state index contributed by atoms with van der Waals surface area (Å²) in [5.74, 6) is 1.23. The summed E-state index contributed by atoms with van der Waals surface area (Å²) in [5.41, 5.74) is 3.43. The number of hydrogen-bond donors (Lipinski definition) is 0. The largest absolute Gasteiger partial charge is 2.00 e. The fraction of sp³-hybridized carbons (Fsp3) is 0. The van der Waals surface area contributed by atoms with E-state index in [-0.39, 0.29) is 26.9 Å². The van der Waals surface area contributed by atoms with Crippen LogP contribution in [0, 0.1) is 17.9 Å². The Balaban J connectivity index is 0.00000241. The van der Waals surface area contributed by atoms with E-state index in [9.17, 15) is 4.39 Å². The molecular formula is C28H16FN3OPt. The van der Waals surface area contributed by atoms with Crippen LogP contribution in [0.1, 0.15) is 0 Å². The van der Waals surface area contributed by atoms with Crippen molar-refractivity contribution >= 4 is 21.8 Å². The number of fused-ring (bicyclic) bond motifs is 3. The average molecular weight is 625 g/mol. The molecule has 0 aliphatic rings. The van der Waals surface area contributed by atoms with Gasteiger partial charge in [0.05, 0.1) is 0 Å². The third-order valence-corrected chi connectivity index (χ3v) is 5.43. The van der Waals surface area contributed by atoms with E-state index in [0.29, 0.717) is 17.4 Å². The summed E-state index contributed by atoms with van der Waals surface area (Å²) in [5, 5.41) is 2.07. The molecule has 3 aromatic carbocycles. The number of halogens is 1. The van der Waals surface area contributed by atoms with Gasteiger partial charge in [0, 0.05) is 35.8 Å². The average Bonchev–Trinajstić information content (AvgIpc) is 3.18. The Morgan fingerprint density at radius 2 is 1.59 bits per heavy atom. The minimum atomic E-state index is -0.338. The van der Waals surface area contributed by atoms with Gasteiger partial charge in [0.15, 0.2) is 0 Å². The first-order valence-corrected chi connectivity index (χ1v) is 10.5. The predicted molar refractivity (Wildman–Crippen MR) is 126 cm³/mol. The van der Waals surface area contributed by atoms with E-state index in [4.69, 9.17) is 4.74 Å². The van der Waals surface area contributed by atoms with Crippen LogP contribution in [0.4, 0.5) is 4.39 Å². The SMILES string of the molecule is Fc1ccnc(-n2c3[c-]c(-c4[c-]c(Oc5ccccn5)ccc4)ccc3c3ccccc32)c1.[Pt+2]. The van der Waals surface area contributed by atoms with Gasteiger partial charge < -0.3 is 9.30 Å². The predicted octanol–water partition coefficient (Wildman–Crippen LogP) is 6.77. The summed E-state index contributed by atoms with van der Waals surface area (Å²) >= 11 is 0. The normalized spacial score (nSPS) is 10.9. The summed E-state index contributed by atoms with van der Waals surface area (Å²) in [6.45, 7) is 0. The molecule has 0 amide bonds. The maximum absolute atomic E-state index is 14.0. The fourth-order valence-electron chi connectivity index (χ4n) is 3.99. The smallest absolute Gasteiger partial charge is 0.460 e. The van der Waals surface area contributed by atoms with Gasteiger partial charge in [-0.25, -0.2) is 25.5 Å². The summed E-state index contributed by atoms with van der Waals surface area (Å²) in [6.07, 6.45) is 3.15. The zero-order chi connectivity index (χ0) is 22.2. The molecule has 6 heteroatoms. The zero-order valence-electron chi connectivity index (χ0n) is 17.7. The van der Waals surface area contributed by atoms with Crippen LogP contribution in [0.5, 0.6) is 11.6 Å². The van der Waals surface area contributed by atoms with Gasteiger partial charge in [0.25, 0.3) is 0 Å². The van der Waals surface area contributed by atoms with Crippen molar-refractivity contribution in [2.75, 3.05) is 0 Å². The van der Waals surface area contributed by atoms with E-state index >= 15 is 0 Å². The molecule has 6 aromatic rings. The van der Waals surface area contributed by atoms with Crippen molar-refractivity contribution in [3.63, 3.8) is 0 Å². The molecule has 166 valence electrons. The van der Waals surface area contributed by atoms with E-state index in [0.717, 1.165) is 32.9 Å².